The first kappa shape index (κ1) is 14.9. The summed E-state index contributed by atoms with van der Waals surface area (Å²) in [4.78, 5) is 13.6. The largest absolute Gasteiger partial charge is 0.445 e. The molecular formula is C16H23NO3. The molecule has 1 amide bonds. The van der Waals surface area contributed by atoms with Crippen molar-refractivity contribution in [3.05, 3.63) is 35.9 Å². The third-order valence-electron chi connectivity index (χ3n) is 4.11. The molecule has 0 aromatic heterocycles. The van der Waals surface area contributed by atoms with Crippen LogP contribution in [0.15, 0.2) is 30.3 Å². The molecule has 1 aromatic rings. The van der Waals surface area contributed by atoms with Gasteiger partial charge < -0.3 is 14.7 Å². The summed E-state index contributed by atoms with van der Waals surface area (Å²) in [6.45, 7) is 7.12. The number of nitrogens with zero attached hydrogens (tertiary/aromatic N) is 1. The van der Waals surface area contributed by atoms with Gasteiger partial charge in [-0.1, -0.05) is 51.1 Å². The molecule has 110 valence electrons. The summed E-state index contributed by atoms with van der Waals surface area (Å²) in [6, 6.07) is 9.59. The van der Waals surface area contributed by atoms with Crippen LogP contribution in [0.4, 0.5) is 4.79 Å². The number of β-amino-alcohol motifs (C(OH)–C–C–N with tert-alkyl or cyclic N) is 1. The van der Waals surface area contributed by atoms with Gasteiger partial charge in [0.1, 0.15) is 6.61 Å². The fourth-order valence-electron chi connectivity index (χ4n) is 2.37. The molecule has 1 unspecified atom stereocenters. The van der Waals surface area contributed by atoms with E-state index in [2.05, 4.69) is 0 Å². The minimum atomic E-state index is -0.835. The normalized spacial score (nSPS) is 22.9. The average Bonchev–Trinajstić information content (AvgIpc) is 2.81. The van der Waals surface area contributed by atoms with Crippen molar-refractivity contribution in [3.63, 3.8) is 0 Å². The Morgan fingerprint density at radius 3 is 2.55 bits per heavy atom. The first-order valence-corrected chi connectivity index (χ1v) is 7.00. The third-order valence-corrected chi connectivity index (χ3v) is 4.11. The Balaban J connectivity index is 1.89. The van der Waals surface area contributed by atoms with E-state index in [-0.39, 0.29) is 18.1 Å². The van der Waals surface area contributed by atoms with Crippen molar-refractivity contribution in [1.82, 2.24) is 4.90 Å². The topological polar surface area (TPSA) is 49.8 Å². The molecule has 0 saturated carbocycles. The van der Waals surface area contributed by atoms with Gasteiger partial charge in [-0.3, -0.25) is 0 Å². The van der Waals surface area contributed by atoms with Gasteiger partial charge in [0.2, 0.25) is 0 Å². The molecule has 1 aromatic carbocycles. The van der Waals surface area contributed by atoms with E-state index >= 15 is 0 Å². The highest BCUT2D eigenvalue weighted by Crippen LogP contribution is 2.38. The molecule has 4 nitrogen and oxygen atoms in total. The number of rotatable bonds is 2. The lowest BCUT2D eigenvalue weighted by molar-refractivity contribution is -0.0471. The summed E-state index contributed by atoms with van der Waals surface area (Å²) in [5.41, 5.74) is -0.119. The molecular weight excluding hydrogens is 254 g/mol. The van der Waals surface area contributed by atoms with Crippen LogP contribution in [0.5, 0.6) is 0 Å². The maximum atomic E-state index is 12.0. The van der Waals surface area contributed by atoms with Crippen molar-refractivity contribution >= 4 is 6.09 Å². The maximum Gasteiger partial charge on any atom is 0.410 e. The minimum Gasteiger partial charge on any atom is -0.445 e. The monoisotopic (exact) mass is 277 g/mol. The lowest BCUT2D eigenvalue weighted by atomic mass is 9.76. The van der Waals surface area contributed by atoms with Crippen molar-refractivity contribution in [3.8, 4) is 0 Å². The van der Waals surface area contributed by atoms with E-state index in [9.17, 15) is 9.90 Å². The van der Waals surface area contributed by atoms with Crippen molar-refractivity contribution in [2.24, 2.45) is 5.41 Å². The smallest absolute Gasteiger partial charge is 0.410 e. The lowest BCUT2D eigenvalue weighted by Gasteiger charge is -2.36. The van der Waals surface area contributed by atoms with Crippen molar-refractivity contribution < 1.29 is 14.6 Å². The second kappa shape index (κ2) is 5.44. The standard InChI is InChI=1S/C16H23NO3/c1-15(2,3)16(19)9-10-17(12-16)14(18)20-11-13-7-5-4-6-8-13/h4-8,19H,9-12H2,1-3H3. The van der Waals surface area contributed by atoms with Gasteiger partial charge in [0.05, 0.1) is 12.1 Å². The summed E-state index contributed by atoms with van der Waals surface area (Å²) < 4.78 is 5.29. The van der Waals surface area contributed by atoms with Crippen LogP contribution in [0, 0.1) is 5.41 Å². The van der Waals surface area contributed by atoms with Crippen LogP contribution in [0.2, 0.25) is 0 Å². The van der Waals surface area contributed by atoms with E-state index in [1.165, 1.54) is 0 Å². The van der Waals surface area contributed by atoms with Gasteiger partial charge in [-0.25, -0.2) is 4.79 Å². The number of aliphatic hydroxyl groups is 1. The SMILES string of the molecule is CC(C)(C)C1(O)CCN(C(=O)OCc2ccccc2)C1. The van der Waals surface area contributed by atoms with Crippen molar-refractivity contribution in [2.45, 2.75) is 39.4 Å². The molecule has 0 radical (unpaired) electrons. The molecule has 1 N–H and O–H groups in total. The third kappa shape index (κ3) is 3.12. The van der Waals surface area contributed by atoms with Gasteiger partial charge in [0.25, 0.3) is 0 Å². The zero-order chi connectivity index (χ0) is 14.8. The number of carbonyl (C=O) groups is 1. The molecule has 1 aliphatic heterocycles. The van der Waals surface area contributed by atoms with E-state index in [4.69, 9.17) is 4.74 Å². The van der Waals surface area contributed by atoms with Gasteiger partial charge in [0, 0.05) is 6.54 Å². The highest BCUT2D eigenvalue weighted by molar-refractivity contribution is 5.68. The summed E-state index contributed by atoms with van der Waals surface area (Å²) >= 11 is 0. The summed E-state index contributed by atoms with van der Waals surface area (Å²) in [5.74, 6) is 0. The fraction of sp³-hybridized carbons (Fsp3) is 0.562. The second-order valence-electron chi connectivity index (χ2n) is 6.49. The van der Waals surface area contributed by atoms with Crippen LogP contribution in [0.1, 0.15) is 32.8 Å². The molecule has 0 bridgehead atoms. The molecule has 2 rings (SSSR count). The number of amides is 1. The van der Waals surface area contributed by atoms with Gasteiger partial charge in [0.15, 0.2) is 0 Å². The molecule has 0 spiro atoms. The Labute approximate surface area is 120 Å². The van der Waals surface area contributed by atoms with E-state index in [1.54, 1.807) is 4.90 Å². The average molecular weight is 277 g/mol. The number of likely N-dealkylation sites (tertiary alicyclic amines) is 1. The van der Waals surface area contributed by atoms with Crippen LogP contribution in [0.25, 0.3) is 0 Å². The number of hydrogen-bond acceptors (Lipinski definition) is 3. The number of carbonyl (C=O) groups excluding carboxylic acids is 1. The van der Waals surface area contributed by atoms with Crippen LogP contribution >= 0.6 is 0 Å². The second-order valence-corrected chi connectivity index (χ2v) is 6.49. The molecule has 4 heteroatoms. The Hall–Kier alpha value is -1.55. The molecule has 0 aliphatic carbocycles. The summed E-state index contributed by atoms with van der Waals surface area (Å²) in [5, 5.41) is 10.6. The Morgan fingerprint density at radius 1 is 1.35 bits per heavy atom. The van der Waals surface area contributed by atoms with Gasteiger partial charge in [-0.15, -0.1) is 0 Å². The first-order chi connectivity index (χ1) is 9.32. The van der Waals surface area contributed by atoms with Crippen molar-refractivity contribution in [1.29, 1.82) is 0 Å². The quantitative estimate of drug-likeness (QED) is 0.904. The van der Waals surface area contributed by atoms with Crippen LogP contribution in [-0.4, -0.2) is 34.8 Å². The molecule has 20 heavy (non-hydrogen) atoms. The Morgan fingerprint density at radius 2 is 2.00 bits per heavy atom. The van der Waals surface area contributed by atoms with Gasteiger partial charge in [-0.2, -0.15) is 0 Å². The lowest BCUT2D eigenvalue weighted by Crippen LogP contribution is -2.46. The first-order valence-electron chi connectivity index (χ1n) is 7.00. The number of benzene rings is 1. The Bertz CT molecular complexity index is 466. The van der Waals surface area contributed by atoms with E-state index in [0.717, 1.165) is 5.56 Å². The molecule has 1 fully saturated rings. The number of hydrogen-bond donors (Lipinski definition) is 1. The number of ether oxygens (including phenoxy) is 1. The van der Waals surface area contributed by atoms with E-state index in [0.29, 0.717) is 19.5 Å². The predicted molar refractivity (Wildman–Crippen MR) is 77.2 cm³/mol. The van der Waals surface area contributed by atoms with Crippen molar-refractivity contribution in [2.75, 3.05) is 13.1 Å². The zero-order valence-corrected chi connectivity index (χ0v) is 12.4. The van der Waals surface area contributed by atoms with Crippen LogP contribution in [0.3, 0.4) is 0 Å². The van der Waals surface area contributed by atoms with E-state index in [1.807, 2.05) is 51.1 Å². The zero-order valence-electron chi connectivity index (χ0n) is 12.4. The van der Waals surface area contributed by atoms with Gasteiger partial charge >= 0.3 is 6.09 Å². The maximum absolute atomic E-state index is 12.0. The van der Waals surface area contributed by atoms with Crippen LogP contribution < -0.4 is 0 Å². The van der Waals surface area contributed by atoms with E-state index < -0.39 is 5.60 Å². The van der Waals surface area contributed by atoms with Gasteiger partial charge in [-0.05, 0) is 17.4 Å². The minimum absolute atomic E-state index is 0.249. The predicted octanol–water partition coefficient (Wildman–Crippen LogP) is 2.81. The molecule has 1 saturated heterocycles. The Kier molecular flexibility index (Phi) is 4.04. The highest BCUT2D eigenvalue weighted by atomic mass is 16.6. The highest BCUT2D eigenvalue weighted by Gasteiger charge is 2.47. The van der Waals surface area contributed by atoms with Crippen LogP contribution in [-0.2, 0) is 11.3 Å². The molecule has 1 heterocycles. The molecule has 1 aliphatic rings. The molecule has 1 atom stereocenters. The summed E-state index contributed by atoms with van der Waals surface area (Å²) in [6.07, 6.45) is 0.241. The fourth-order valence-corrected chi connectivity index (χ4v) is 2.37. The summed E-state index contributed by atoms with van der Waals surface area (Å²) in [7, 11) is 0.